The molecule has 0 aliphatic heterocycles. The second-order valence-electron chi connectivity index (χ2n) is 4.84. The Hall–Kier alpha value is -2.57. The van der Waals surface area contributed by atoms with Gasteiger partial charge in [0, 0.05) is 31.9 Å². The van der Waals surface area contributed by atoms with Crippen LogP contribution < -0.4 is 10.6 Å². The van der Waals surface area contributed by atoms with Crippen LogP contribution in [0.5, 0.6) is 0 Å². The quantitative estimate of drug-likeness (QED) is 0.653. The van der Waals surface area contributed by atoms with Crippen molar-refractivity contribution in [1.29, 1.82) is 0 Å². The highest BCUT2D eigenvalue weighted by Gasteiger charge is 2.19. The van der Waals surface area contributed by atoms with E-state index in [9.17, 15) is 10.1 Å². The zero-order valence-corrected chi connectivity index (χ0v) is 12.6. The summed E-state index contributed by atoms with van der Waals surface area (Å²) < 4.78 is 1.81. The Labute approximate surface area is 123 Å². The number of aryl methyl sites for hydroxylation is 2. The summed E-state index contributed by atoms with van der Waals surface area (Å²) in [5.74, 6) is 0. The molecule has 0 aliphatic carbocycles. The molecule has 2 aromatic rings. The molecule has 0 saturated heterocycles. The molecule has 0 spiro atoms. The SMILES string of the molecule is CNc1cccc(NCc2c(C)nn(C)c2C)c1[N+](=O)[O-]. The summed E-state index contributed by atoms with van der Waals surface area (Å²) in [6.45, 7) is 4.41. The molecule has 7 nitrogen and oxygen atoms in total. The van der Waals surface area contributed by atoms with Crippen LogP contribution in [-0.2, 0) is 13.6 Å². The smallest absolute Gasteiger partial charge is 0.315 e. The van der Waals surface area contributed by atoms with E-state index >= 15 is 0 Å². The number of nitro benzene ring substituents is 1. The number of anilines is 2. The van der Waals surface area contributed by atoms with Crippen molar-refractivity contribution in [3.05, 3.63) is 45.3 Å². The van der Waals surface area contributed by atoms with Crippen molar-refractivity contribution in [3.63, 3.8) is 0 Å². The molecule has 2 N–H and O–H groups in total. The van der Waals surface area contributed by atoms with Crippen molar-refractivity contribution in [3.8, 4) is 0 Å². The number of nitrogens with zero attached hydrogens (tertiary/aromatic N) is 3. The Bertz CT molecular complexity index is 678. The number of hydrogen-bond acceptors (Lipinski definition) is 5. The topological polar surface area (TPSA) is 85.0 Å². The predicted octanol–water partition coefficient (Wildman–Crippen LogP) is 2.60. The van der Waals surface area contributed by atoms with E-state index in [2.05, 4.69) is 15.7 Å². The second-order valence-corrected chi connectivity index (χ2v) is 4.84. The van der Waals surface area contributed by atoms with Gasteiger partial charge in [0.2, 0.25) is 0 Å². The largest absolute Gasteiger partial charge is 0.382 e. The van der Waals surface area contributed by atoms with E-state index < -0.39 is 0 Å². The minimum atomic E-state index is -0.378. The van der Waals surface area contributed by atoms with Crippen LogP contribution in [0.4, 0.5) is 17.1 Å². The number of nitrogens with one attached hydrogen (secondary N) is 2. The molecule has 0 saturated carbocycles. The molecule has 0 unspecified atom stereocenters. The minimum absolute atomic E-state index is 0.0548. The Kier molecular flexibility index (Phi) is 4.11. The summed E-state index contributed by atoms with van der Waals surface area (Å²) >= 11 is 0. The Morgan fingerprint density at radius 3 is 2.52 bits per heavy atom. The lowest BCUT2D eigenvalue weighted by molar-refractivity contribution is -0.383. The molecule has 0 radical (unpaired) electrons. The zero-order chi connectivity index (χ0) is 15.6. The maximum Gasteiger partial charge on any atom is 0.315 e. The third kappa shape index (κ3) is 2.81. The summed E-state index contributed by atoms with van der Waals surface area (Å²) in [7, 11) is 3.55. The number of rotatable bonds is 5. The van der Waals surface area contributed by atoms with Crippen LogP contribution in [-0.4, -0.2) is 21.8 Å². The molecule has 1 aromatic heterocycles. The van der Waals surface area contributed by atoms with Crippen LogP contribution in [0.2, 0.25) is 0 Å². The lowest BCUT2D eigenvalue weighted by atomic mass is 10.1. The standard InChI is InChI=1S/C14H19N5O2/c1-9-11(10(2)18(4)17-9)8-16-13-7-5-6-12(15-3)14(13)19(20)21/h5-7,15-16H,8H2,1-4H3. The van der Waals surface area contributed by atoms with Crippen LogP contribution >= 0.6 is 0 Å². The van der Waals surface area contributed by atoms with E-state index in [1.165, 1.54) is 0 Å². The number of nitro groups is 1. The summed E-state index contributed by atoms with van der Waals surface area (Å²) in [5.41, 5.74) is 4.07. The van der Waals surface area contributed by atoms with Crippen LogP contribution in [0.3, 0.4) is 0 Å². The minimum Gasteiger partial charge on any atom is -0.382 e. The van der Waals surface area contributed by atoms with Gasteiger partial charge in [-0.25, -0.2) is 0 Å². The van der Waals surface area contributed by atoms with Gasteiger partial charge in [-0.15, -0.1) is 0 Å². The first kappa shape index (κ1) is 14.8. The molecule has 7 heteroatoms. The molecule has 0 fully saturated rings. The lowest BCUT2D eigenvalue weighted by Gasteiger charge is -2.10. The van der Waals surface area contributed by atoms with Gasteiger partial charge in [0.05, 0.1) is 10.6 Å². The highest BCUT2D eigenvalue weighted by atomic mass is 16.6. The van der Waals surface area contributed by atoms with Crippen molar-refractivity contribution >= 4 is 17.1 Å². The van der Waals surface area contributed by atoms with E-state index in [0.29, 0.717) is 17.9 Å². The van der Waals surface area contributed by atoms with Crippen molar-refractivity contribution in [1.82, 2.24) is 9.78 Å². The Morgan fingerprint density at radius 1 is 1.33 bits per heavy atom. The van der Waals surface area contributed by atoms with Crippen molar-refractivity contribution in [2.24, 2.45) is 7.05 Å². The Morgan fingerprint density at radius 2 is 2.00 bits per heavy atom. The molecule has 0 aliphatic rings. The molecule has 0 amide bonds. The van der Waals surface area contributed by atoms with Gasteiger partial charge in [0.25, 0.3) is 0 Å². The monoisotopic (exact) mass is 289 g/mol. The maximum absolute atomic E-state index is 11.3. The van der Waals surface area contributed by atoms with Crippen molar-refractivity contribution in [2.75, 3.05) is 17.7 Å². The number of aromatic nitrogens is 2. The fourth-order valence-corrected chi connectivity index (χ4v) is 2.34. The van der Waals surface area contributed by atoms with E-state index in [1.807, 2.05) is 25.6 Å². The molecule has 2 rings (SSSR count). The van der Waals surface area contributed by atoms with Gasteiger partial charge in [0.1, 0.15) is 11.4 Å². The second kappa shape index (κ2) is 5.82. The molecule has 0 atom stereocenters. The highest BCUT2D eigenvalue weighted by Crippen LogP contribution is 2.32. The van der Waals surface area contributed by atoms with Gasteiger partial charge in [-0.3, -0.25) is 14.8 Å². The molecule has 1 heterocycles. The van der Waals surface area contributed by atoms with Crippen molar-refractivity contribution in [2.45, 2.75) is 20.4 Å². The zero-order valence-electron chi connectivity index (χ0n) is 12.6. The molecule has 0 bridgehead atoms. The van der Waals surface area contributed by atoms with Gasteiger partial charge in [-0.2, -0.15) is 5.10 Å². The van der Waals surface area contributed by atoms with Crippen molar-refractivity contribution < 1.29 is 4.92 Å². The van der Waals surface area contributed by atoms with Gasteiger partial charge in [-0.1, -0.05) is 6.07 Å². The third-order valence-corrected chi connectivity index (χ3v) is 3.60. The molecular weight excluding hydrogens is 270 g/mol. The van der Waals surface area contributed by atoms with Crippen LogP contribution in [0.25, 0.3) is 0 Å². The van der Waals surface area contributed by atoms with E-state index in [-0.39, 0.29) is 10.6 Å². The summed E-state index contributed by atoms with van der Waals surface area (Å²) in [4.78, 5) is 10.9. The molecule has 21 heavy (non-hydrogen) atoms. The number of para-hydroxylation sites is 1. The Balaban J connectivity index is 2.30. The highest BCUT2D eigenvalue weighted by molar-refractivity contribution is 5.76. The van der Waals surface area contributed by atoms with E-state index in [1.54, 1.807) is 25.2 Å². The molecule has 112 valence electrons. The number of benzene rings is 1. The lowest BCUT2D eigenvalue weighted by Crippen LogP contribution is -2.06. The maximum atomic E-state index is 11.3. The normalized spacial score (nSPS) is 10.5. The average Bonchev–Trinajstić information content (AvgIpc) is 2.69. The summed E-state index contributed by atoms with van der Waals surface area (Å²) in [6.07, 6.45) is 0. The van der Waals surface area contributed by atoms with E-state index in [0.717, 1.165) is 17.0 Å². The molecular formula is C14H19N5O2. The fraction of sp³-hybridized carbons (Fsp3) is 0.357. The molecule has 1 aromatic carbocycles. The third-order valence-electron chi connectivity index (χ3n) is 3.60. The van der Waals surface area contributed by atoms with Crippen LogP contribution in [0, 0.1) is 24.0 Å². The van der Waals surface area contributed by atoms with Crippen LogP contribution in [0.1, 0.15) is 17.0 Å². The fourth-order valence-electron chi connectivity index (χ4n) is 2.34. The summed E-state index contributed by atoms with van der Waals surface area (Å²) in [5, 5.41) is 21.6. The first-order valence-electron chi connectivity index (χ1n) is 6.63. The van der Waals surface area contributed by atoms with Gasteiger partial charge in [-0.05, 0) is 26.0 Å². The van der Waals surface area contributed by atoms with Gasteiger partial charge < -0.3 is 10.6 Å². The summed E-state index contributed by atoms with van der Waals surface area (Å²) in [6, 6.07) is 5.17. The number of hydrogen-bond donors (Lipinski definition) is 2. The van der Waals surface area contributed by atoms with Gasteiger partial charge in [0.15, 0.2) is 0 Å². The first-order valence-corrected chi connectivity index (χ1v) is 6.63. The van der Waals surface area contributed by atoms with E-state index in [4.69, 9.17) is 0 Å². The average molecular weight is 289 g/mol. The van der Waals surface area contributed by atoms with Gasteiger partial charge >= 0.3 is 5.69 Å². The first-order chi connectivity index (χ1) is 9.95. The van der Waals surface area contributed by atoms with Crippen LogP contribution in [0.15, 0.2) is 18.2 Å². The predicted molar refractivity (Wildman–Crippen MR) is 82.7 cm³/mol.